The van der Waals surface area contributed by atoms with Gasteiger partial charge in [-0.05, 0) is 38.1 Å². The standard InChI is InChI=1S/C15H23N3O2/c1-2-18-9-5-6-12(10-18)17-15(19)11-20-14-8-4-3-7-13(14)16/h3-4,7-8,12H,2,5-6,9-11,16H2,1H3,(H,17,19). The molecule has 5 heteroatoms. The van der Waals surface area contributed by atoms with Gasteiger partial charge >= 0.3 is 0 Å². The van der Waals surface area contributed by atoms with Crippen molar-refractivity contribution in [1.29, 1.82) is 0 Å². The molecule has 1 atom stereocenters. The molecule has 1 saturated heterocycles. The molecular formula is C15H23N3O2. The first-order valence-electron chi connectivity index (χ1n) is 7.18. The van der Waals surface area contributed by atoms with E-state index >= 15 is 0 Å². The molecule has 0 radical (unpaired) electrons. The summed E-state index contributed by atoms with van der Waals surface area (Å²) in [6.45, 7) is 5.24. The van der Waals surface area contributed by atoms with Crippen molar-refractivity contribution in [3.05, 3.63) is 24.3 Å². The molecule has 3 N–H and O–H groups in total. The highest BCUT2D eigenvalue weighted by atomic mass is 16.5. The van der Waals surface area contributed by atoms with Crippen molar-refractivity contribution in [2.24, 2.45) is 0 Å². The van der Waals surface area contributed by atoms with E-state index in [0.29, 0.717) is 11.4 Å². The number of carbonyl (C=O) groups is 1. The fourth-order valence-corrected chi connectivity index (χ4v) is 2.49. The number of likely N-dealkylation sites (tertiary alicyclic amines) is 1. The molecule has 0 saturated carbocycles. The third kappa shape index (κ3) is 4.13. The van der Waals surface area contributed by atoms with Crippen molar-refractivity contribution >= 4 is 11.6 Å². The van der Waals surface area contributed by atoms with Crippen LogP contribution in [0.25, 0.3) is 0 Å². The second-order valence-electron chi connectivity index (χ2n) is 5.13. The maximum Gasteiger partial charge on any atom is 0.258 e. The molecule has 1 aliphatic rings. The molecule has 1 aromatic rings. The van der Waals surface area contributed by atoms with Crippen LogP contribution in [0.4, 0.5) is 5.69 Å². The van der Waals surface area contributed by atoms with Crippen LogP contribution in [0.15, 0.2) is 24.3 Å². The van der Waals surface area contributed by atoms with E-state index in [2.05, 4.69) is 17.1 Å². The number of nitrogens with zero attached hydrogens (tertiary/aromatic N) is 1. The van der Waals surface area contributed by atoms with Crippen LogP contribution in [0.3, 0.4) is 0 Å². The Kier molecular flexibility index (Phi) is 5.24. The number of carbonyl (C=O) groups excluding carboxylic acids is 1. The van der Waals surface area contributed by atoms with Crippen LogP contribution in [-0.2, 0) is 4.79 Å². The number of ether oxygens (including phenoxy) is 1. The lowest BCUT2D eigenvalue weighted by molar-refractivity contribution is -0.124. The van der Waals surface area contributed by atoms with Gasteiger partial charge < -0.3 is 20.7 Å². The summed E-state index contributed by atoms with van der Waals surface area (Å²) < 4.78 is 5.44. The minimum Gasteiger partial charge on any atom is -0.482 e. The highest BCUT2D eigenvalue weighted by Crippen LogP contribution is 2.19. The molecule has 0 spiro atoms. The van der Waals surface area contributed by atoms with E-state index in [1.165, 1.54) is 0 Å². The number of anilines is 1. The van der Waals surface area contributed by atoms with Crippen molar-refractivity contribution in [1.82, 2.24) is 10.2 Å². The Labute approximate surface area is 120 Å². The Hall–Kier alpha value is -1.75. The van der Waals surface area contributed by atoms with Gasteiger partial charge in [0.1, 0.15) is 5.75 Å². The number of amides is 1. The minimum atomic E-state index is -0.0868. The van der Waals surface area contributed by atoms with Crippen molar-refractivity contribution in [3.8, 4) is 5.75 Å². The third-order valence-corrected chi connectivity index (χ3v) is 3.60. The first-order valence-corrected chi connectivity index (χ1v) is 7.18. The number of piperidine rings is 1. The van der Waals surface area contributed by atoms with Crippen LogP contribution in [-0.4, -0.2) is 43.1 Å². The topological polar surface area (TPSA) is 67.6 Å². The van der Waals surface area contributed by atoms with Crippen LogP contribution in [0.2, 0.25) is 0 Å². The van der Waals surface area contributed by atoms with E-state index in [4.69, 9.17) is 10.5 Å². The van der Waals surface area contributed by atoms with Gasteiger partial charge in [0, 0.05) is 12.6 Å². The molecule has 5 nitrogen and oxygen atoms in total. The summed E-state index contributed by atoms with van der Waals surface area (Å²) in [4.78, 5) is 14.2. The molecule has 20 heavy (non-hydrogen) atoms. The van der Waals surface area contributed by atoms with Crippen molar-refractivity contribution < 1.29 is 9.53 Å². The second kappa shape index (κ2) is 7.14. The Morgan fingerprint density at radius 1 is 1.50 bits per heavy atom. The smallest absolute Gasteiger partial charge is 0.258 e. The molecule has 1 aromatic carbocycles. The molecule has 2 rings (SSSR count). The largest absolute Gasteiger partial charge is 0.482 e. The van der Waals surface area contributed by atoms with Gasteiger partial charge in [-0.3, -0.25) is 4.79 Å². The number of rotatable bonds is 5. The van der Waals surface area contributed by atoms with Gasteiger partial charge in [0.2, 0.25) is 0 Å². The van der Waals surface area contributed by atoms with E-state index < -0.39 is 0 Å². The van der Waals surface area contributed by atoms with E-state index in [-0.39, 0.29) is 18.6 Å². The summed E-state index contributed by atoms with van der Waals surface area (Å²) in [5, 5.41) is 3.03. The molecular weight excluding hydrogens is 254 g/mol. The first-order chi connectivity index (χ1) is 9.69. The molecule has 1 amide bonds. The predicted molar refractivity (Wildman–Crippen MR) is 79.6 cm³/mol. The van der Waals surface area contributed by atoms with Gasteiger partial charge in [0.05, 0.1) is 5.69 Å². The number of nitrogen functional groups attached to an aromatic ring is 1. The van der Waals surface area contributed by atoms with Gasteiger partial charge in [-0.2, -0.15) is 0 Å². The van der Waals surface area contributed by atoms with E-state index in [9.17, 15) is 4.79 Å². The first kappa shape index (κ1) is 14.7. The van der Waals surface area contributed by atoms with E-state index in [0.717, 1.165) is 32.5 Å². The summed E-state index contributed by atoms with van der Waals surface area (Å²) in [6.07, 6.45) is 2.17. The summed E-state index contributed by atoms with van der Waals surface area (Å²) >= 11 is 0. The number of hydrogen-bond donors (Lipinski definition) is 2. The Balaban J connectivity index is 1.77. The number of nitrogens with two attached hydrogens (primary N) is 1. The molecule has 110 valence electrons. The lowest BCUT2D eigenvalue weighted by Gasteiger charge is -2.32. The van der Waals surface area contributed by atoms with Crippen molar-refractivity contribution in [3.63, 3.8) is 0 Å². The van der Waals surface area contributed by atoms with Gasteiger partial charge in [0.25, 0.3) is 5.91 Å². The van der Waals surface area contributed by atoms with Crippen molar-refractivity contribution in [2.45, 2.75) is 25.8 Å². The number of likely N-dealkylation sites (N-methyl/N-ethyl adjacent to an activating group) is 1. The normalized spacial score (nSPS) is 19.6. The fraction of sp³-hybridized carbons (Fsp3) is 0.533. The lowest BCUT2D eigenvalue weighted by Crippen LogP contribution is -2.48. The summed E-state index contributed by atoms with van der Waals surface area (Å²) in [7, 11) is 0. The Bertz CT molecular complexity index is 450. The zero-order chi connectivity index (χ0) is 14.4. The summed E-state index contributed by atoms with van der Waals surface area (Å²) in [5.74, 6) is 0.470. The molecule has 1 fully saturated rings. The van der Waals surface area contributed by atoms with Gasteiger partial charge in [-0.1, -0.05) is 19.1 Å². The van der Waals surface area contributed by atoms with Crippen LogP contribution in [0, 0.1) is 0 Å². The highest BCUT2D eigenvalue weighted by molar-refractivity contribution is 5.78. The molecule has 0 bridgehead atoms. The van der Waals surface area contributed by atoms with E-state index in [1.54, 1.807) is 12.1 Å². The van der Waals surface area contributed by atoms with Gasteiger partial charge in [-0.25, -0.2) is 0 Å². The zero-order valence-electron chi connectivity index (χ0n) is 12.0. The fourth-order valence-electron chi connectivity index (χ4n) is 2.49. The number of nitrogens with one attached hydrogen (secondary N) is 1. The molecule has 1 unspecified atom stereocenters. The minimum absolute atomic E-state index is 0.0108. The Morgan fingerprint density at radius 3 is 3.05 bits per heavy atom. The van der Waals surface area contributed by atoms with Crippen LogP contribution in [0.1, 0.15) is 19.8 Å². The zero-order valence-corrected chi connectivity index (χ0v) is 12.0. The van der Waals surface area contributed by atoms with Crippen LogP contribution >= 0.6 is 0 Å². The lowest BCUT2D eigenvalue weighted by atomic mass is 10.1. The average Bonchev–Trinajstić information content (AvgIpc) is 2.46. The molecule has 0 aromatic heterocycles. The SMILES string of the molecule is CCN1CCCC(NC(=O)COc2ccccc2N)C1. The number of benzene rings is 1. The monoisotopic (exact) mass is 277 g/mol. The maximum atomic E-state index is 11.9. The molecule has 0 aliphatic carbocycles. The summed E-state index contributed by atoms with van der Waals surface area (Å²) in [6, 6.07) is 7.43. The number of hydrogen-bond acceptors (Lipinski definition) is 4. The van der Waals surface area contributed by atoms with Crippen molar-refractivity contribution in [2.75, 3.05) is 32.0 Å². The molecule has 1 heterocycles. The predicted octanol–water partition coefficient (Wildman–Crippen LogP) is 1.25. The van der Waals surface area contributed by atoms with Crippen LogP contribution < -0.4 is 15.8 Å². The van der Waals surface area contributed by atoms with Crippen LogP contribution in [0.5, 0.6) is 5.75 Å². The summed E-state index contributed by atoms with van der Waals surface area (Å²) in [5.41, 5.74) is 6.31. The Morgan fingerprint density at radius 2 is 2.30 bits per heavy atom. The molecule has 1 aliphatic heterocycles. The highest BCUT2D eigenvalue weighted by Gasteiger charge is 2.20. The number of para-hydroxylation sites is 2. The van der Waals surface area contributed by atoms with Gasteiger partial charge in [0.15, 0.2) is 6.61 Å². The maximum absolute atomic E-state index is 11.9. The quantitative estimate of drug-likeness (QED) is 0.795. The average molecular weight is 277 g/mol. The second-order valence-corrected chi connectivity index (χ2v) is 5.13. The van der Waals surface area contributed by atoms with E-state index in [1.807, 2.05) is 12.1 Å². The third-order valence-electron chi connectivity index (χ3n) is 3.60. The van der Waals surface area contributed by atoms with Gasteiger partial charge in [-0.15, -0.1) is 0 Å².